The number of carbonyl (C=O) groups excluding carboxylic acids is 4. The molecule has 0 spiro atoms. The lowest BCUT2D eigenvalue weighted by molar-refractivity contribution is -0.157. The molecule has 6 rings (SSSR count). The first-order chi connectivity index (χ1) is 24.2. The topological polar surface area (TPSA) is 153 Å². The fourth-order valence-corrected chi connectivity index (χ4v) is 7.70. The summed E-state index contributed by atoms with van der Waals surface area (Å²) < 4.78 is 0. The molecule has 4 N–H and O–H groups in total. The highest BCUT2D eigenvalue weighted by atomic mass is 32.1. The molecule has 3 heterocycles. The Balaban J connectivity index is 1.19. The van der Waals surface area contributed by atoms with Crippen LogP contribution in [0.1, 0.15) is 46.6 Å². The average molecular weight is 694 g/mol. The monoisotopic (exact) mass is 693 g/mol. The number of benzene rings is 3. The number of aryl methyl sites for hydroxylation is 1. The quantitative estimate of drug-likeness (QED) is 0.109. The molecule has 0 radical (unpaired) electrons. The van der Waals surface area contributed by atoms with Crippen molar-refractivity contribution in [1.82, 2.24) is 25.0 Å². The molecule has 0 saturated carbocycles. The molecular formula is C38H43N7O4S. The predicted molar refractivity (Wildman–Crippen MR) is 194 cm³/mol. The third-order valence-electron chi connectivity index (χ3n) is 9.64. The Morgan fingerprint density at radius 3 is 2.56 bits per heavy atom. The van der Waals surface area contributed by atoms with Crippen LogP contribution in [0.5, 0.6) is 0 Å². The van der Waals surface area contributed by atoms with Gasteiger partial charge in [0, 0.05) is 37.6 Å². The van der Waals surface area contributed by atoms with Gasteiger partial charge in [-0.05, 0) is 59.9 Å². The third kappa shape index (κ3) is 8.54. The average Bonchev–Trinajstić information content (AvgIpc) is 3.67. The summed E-state index contributed by atoms with van der Waals surface area (Å²) in [6.07, 6.45) is 5.27. The zero-order chi connectivity index (χ0) is 35.0. The van der Waals surface area contributed by atoms with Crippen LogP contribution in [-0.4, -0.2) is 94.0 Å². The maximum absolute atomic E-state index is 14.1. The minimum Gasteiger partial charge on any atom is -0.370 e. The highest BCUT2D eigenvalue weighted by Crippen LogP contribution is 2.24. The van der Waals surface area contributed by atoms with Crippen LogP contribution in [0.4, 0.5) is 0 Å². The van der Waals surface area contributed by atoms with Crippen molar-refractivity contribution in [3.05, 3.63) is 101 Å². The van der Waals surface area contributed by atoms with Gasteiger partial charge in [0.05, 0.1) is 12.6 Å². The molecule has 50 heavy (non-hydrogen) atoms. The molecule has 0 bridgehead atoms. The van der Waals surface area contributed by atoms with Gasteiger partial charge in [-0.25, -0.2) is 4.98 Å². The molecule has 3 aromatic carbocycles. The number of nitrogens with two attached hydrogens (primary N) is 1. The first-order valence-corrected chi connectivity index (χ1v) is 18.0. The van der Waals surface area contributed by atoms with Crippen molar-refractivity contribution in [3.63, 3.8) is 0 Å². The Labute approximate surface area is 296 Å². The van der Waals surface area contributed by atoms with E-state index in [1.165, 1.54) is 21.8 Å². The molecule has 3 amide bonds. The summed E-state index contributed by atoms with van der Waals surface area (Å²) in [4.78, 5) is 64.3. The molecular weight excluding hydrogens is 651 g/mol. The first-order valence-electron chi connectivity index (χ1n) is 17.2. The lowest BCUT2D eigenvalue weighted by atomic mass is 9.90. The first kappa shape index (κ1) is 34.8. The van der Waals surface area contributed by atoms with Crippen LogP contribution in [0.15, 0.2) is 84.4 Å². The predicted octanol–water partition coefficient (Wildman–Crippen LogP) is 3.87. The number of likely N-dealkylation sites (tertiary alicyclic amines) is 1. The second-order valence-corrected chi connectivity index (χ2v) is 14.1. The Morgan fingerprint density at radius 1 is 1.02 bits per heavy atom. The van der Waals surface area contributed by atoms with E-state index in [2.05, 4.69) is 10.3 Å². The third-order valence-corrected chi connectivity index (χ3v) is 10.4. The smallest absolute Gasteiger partial charge is 0.246 e. The molecule has 0 aliphatic carbocycles. The fraction of sp³-hybridized carbons (Fsp3) is 0.368. The fourth-order valence-electron chi connectivity index (χ4n) is 7.07. The van der Waals surface area contributed by atoms with Gasteiger partial charge in [0.2, 0.25) is 23.5 Å². The van der Waals surface area contributed by atoms with Gasteiger partial charge in [-0.15, -0.1) is 11.3 Å². The number of fused-ring (bicyclic) bond motifs is 1. The van der Waals surface area contributed by atoms with E-state index in [-0.39, 0.29) is 49.0 Å². The molecule has 4 aromatic rings. The number of amides is 3. The summed E-state index contributed by atoms with van der Waals surface area (Å²) in [6, 6.07) is 22.2. The van der Waals surface area contributed by atoms with Gasteiger partial charge < -0.3 is 25.8 Å². The lowest BCUT2D eigenvalue weighted by Gasteiger charge is -2.40. The van der Waals surface area contributed by atoms with Crippen LogP contribution in [0.2, 0.25) is 0 Å². The van der Waals surface area contributed by atoms with Crippen LogP contribution in [0.3, 0.4) is 0 Å². The lowest BCUT2D eigenvalue weighted by Crippen LogP contribution is -2.62. The molecule has 2 saturated heterocycles. The molecule has 0 unspecified atom stereocenters. The number of guanidine groups is 1. The number of ketones is 1. The number of Topliss-reactive ketones (excluding diaryl/α,β-unsaturated/α-hetero) is 1. The Hall–Kier alpha value is -5.10. The minimum absolute atomic E-state index is 0.0126. The van der Waals surface area contributed by atoms with E-state index >= 15 is 0 Å². The summed E-state index contributed by atoms with van der Waals surface area (Å²) in [6.45, 7) is 1.15. The van der Waals surface area contributed by atoms with E-state index in [0.717, 1.165) is 35.6 Å². The second kappa shape index (κ2) is 16.1. The summed E-state index contributed by atoms with van der Waals surface area (Å²) in [5.41, 5.74) is 7.81. The van der Waals surface area contributed by atoms with Crippen molar-refractivity contribution >= 4 is 51.6 Å². The Kier molecular flexibility index (Phi) is 11.2. The number of carbonyl (C=O) groups is 4. The number of piperidine rings is 1. The summed E-state index contributed by atoms with van der Waals surface area (Å²) >= 11 is 1.21. The van der Waals surface area contributed by atoms with E-state index in [4.69, 9.17) is 11.1 Å². The van der Waals surface area contributed by atoms with Gasteiger partial charge in [0.1, 0.15) is 12.6 Å². The Morgan fingerprint density at radius 2 is 1.80 bits per heavy atom. The number of piperazine rings is 1. The SMILES string of the molecule is N=C(N)N1CCC[C@@H](C[C@H](NC(=O)CN2C(=O)CN(CCCc3ccccc3)C(=O)[C@@H]2Cc2ccc3ccccc3c2)C(=O)c2nccs2)C1. The maximum atomic E-state index is 14.1. The van der Waals surface area contributed by atoms with Crippen LogP contribution in [0, 0.1) is 11.3 Å². The number of hydrogen-bond donors (Lipinski definition) is 3. The number of hydrogen-bond acceptors (Lipinski definition) is 7. The standard InChI is InChI=1S/C38H43N7O4S/c39-38(40)44-18-7-11-28(23-44)21-31(35(48)36-41-16-19-50-36)42-33(46)24-45-32(22-27-14-15-29-12-4-5-13-30(29)20-27)37(49)43(25-34(45)47)17-6-10-26-8-2-1-3-9-26/h1-5,8-9,12-16,19-20,28,31-32H,6-7,10-11,17-18,21-25H2,(H3,39,40)(H,42,46)/t28-,31-,32-/m0/s1. The highest BCUT2D eigenvalue weighted by Gasteiger charge is 2.40. The van der Waals surface area contributed by atoms with Gasteiger partial charge in [-0.3, -0.25) is 24.6 Å². The zero-order valence-electron chi connectivity index (χ0n) is 28.0. The molecule has 2 fully saturated rings. The van der Waals surface area contributed by atoms with Gasteiger partial charge in [0.15, 0.2) is 11.0 Å². The summed E-state index contributed by atoms with van der Waals surface area (Å²) in [7, 11) is 0. The van der Waals surface area contributed by atoms with E-state index in [1.54, 1.807) is 21.4 Å². The van der Waals surface area contributed by atoms with E-state index < -0.39 is 18.0 Å². The number of rotatable bonds is 13. The number of aromatic nitrogens is 1. The number of thiazole rings is 1. The van der Waals surface area contributed by atoms with Crippen molar-refractivity contribution in [2.45, 2.75) is 50.6 Å². The molecule has 11 nitrogen and oxygen atoms in total. The summed E-state index contributed by atoms with van der Waals surface area (Å²) in [5.74, 6) is -1.31. The van der Waals surface area contributed by atoms with Crippen molar-refractivity contribution in [3.8, 4) is 0 Å². The Bertz CT molecular complexity index is 1830. The van der Waals surface area contributed by atoms with Gasteiger partial charge >= 0.3 is 0 Å². The maximum Gasteiger partial charge on any atom is 0.246 e. The van der Waals surface area contributed by atoms with Crippen LogP contribution >= 0.6 is 11.3 Å². The van der Waals surface area contributed by atoms with E-state index in [0.29, 0.717) is 37.5 Å². The highest BCUT2D eigenvalue weighted by molar-refractivity contribution is 7.11. The van der Waals surface area contributed by atoms with E-state index in [9.17, 15) is 19.2 Å². The van der Waals surface area contributed by atoms with Gasteiger partial charge in [-0.1, -0.05) is 72.8 Å². The second-order valence-electron chi connectivity index (χ2n) is 13.2. The molecule has 2 aliphatic heterocycles. The number of nitrogens with zero attached hydrogens (tertiary/aromatic N) is 4. The van der Waals surface area contributed by atoms with E-state index in [1.807, 2.05) is 72.8 Å². The zero-order valence-corrected chi connectivity index (χ0v) is 28.8. The van der Waals surface area contributed by atoms with Crippen LogP contribution in [0.25, 0.3) is 10.8 Å². The normalized spacial score (nSPS) is 18.7. The van der Waals surface area contributed by atoms with Crippen LogP contribution in [-0.2, 0) is 27.2 Å². The van der Waals surface area contributed by atoms with Gasteiger partial charge in [-0.2, -0.15) is 0 Å². The largest absolute Gasteiger partial charge is 0.370 e. The molecule has 260 valence electrons. The molecule has 12 heteroatoms. The molecule has 1 aromatic heterocycles. The van der Waals surface area contributed by atoms with Crippen molar-refractivity contribution in [2.75, 3.05) is 32.7 Å². The summed E-state index contributed by atoms with van der Waals surface area (Å²) in [5, 5.41) is 14.9. The molecule has 3 atom stereocenters. The van der Waals surface area contributed by atoms with Crippen molar-refractivity contribution in [2.24, 2.45) is 11.7 Å². The molecule has 2 aliphatic rings. The van der Waals surface area contributed by atoms with Crippen LogP contribution < -0.4 is 11.1 Å². The number of nitrogens with one attached hydrogen (secondary N) is 2. The minimum atomic E-state index is -0.880. The van der Waals surface area contributed by atoms with Crippen molar-refractivity contribution in [1.29, 1.82) is 5.41 Å². The van der Waals surface area contributed by atoms with Gasteiger partial charge in [0.25, 0.3) is 0 Å². The van der Waals surface area contributed by atoms with Crippen molar-refractivity contribution < 1.29 is 19.2 Å².